The van der Waals surface area contributed by atoms with E-state index in [9.17, 15) is 17.6 Å². The van der Waals surface area contributed by atoms with Crippen LogP contribution in [0.25, 0.3) is 0 Å². The smallest absolute Gasteiger partial charge is 0.369 e. The Morgan fingerprint density at radius 1 is 1.10 bits per heavy atom. The number of alkyl halides is 3. The molecule has 2 rings (SSSR count). The molecule has 21 heavy (non-hydrogen) atoms. The summed E-state index contributed by atoms with van der Waals surface area (Å²) in [7, 11) is 1.78. The first-order valence-electron chi connectivity index (χ1n) is 6.85. The van der Waals surface area contributed by atoms with Crippen molar-refractivity contribution in [2.45, 2.75) is 12.7 Å². The number of anilines is 1. The molecule has 1 N–H and O–H groups in total. The molecule has 0 bridgehead atoms. The second-order valence-corrected chi connectivity index (χ2v) is 5.23. The fourth-order valence-corrected chi connectivity index (χ4v) is 2.54. The van der Waals surface area contributed by atoms with Crippen LogP contribution in [0.15, 0.2) is 18.2 Å². The van der Waals surface area contributed by atoms with Crippen LogP contribution in [0.4, 0.5) is 23.2 Å². The predicted octanol–water partition coefficient (Wildman–Crippen LogP) is 2.23. The summed E-state index contributed by atoms with van der Waals surface area (Å²) >= 11 is 0. The van der Waals surface area contributed by atoms with E-state index >= 15 is 0 Å². The van der Waals surface area contributed by atoms with Gasteiger partial charge in [-0.05, 0) is 30.8 Å². The van der Waals surface area contributed by atoms with Gasteiger partial charge in [-0.25, -0.2) is 4.39 Å². The number of rotatable bonds is 4. The van der Waals surface area contributed by atoms with Crippen LogP contribution >= 0.6 is 0 Å². The van der Waals surface area contributed by atoms with E-state index in [4.69, 9.17) is 0 Å². The van der Waals surface area contributed by atoms with E-state index in [-0.39, 0.29) is 5.82 Å². The van der Waals surface area contributed by atoms with Gasteiger partial charge in [0.1, 0.15) is 5.82 Å². The average molecular weight is 305 g/mol. The van der Waals surface area contributed by atoms with Gasteiger partial charge in [0.15, 0.2) is 0 Å². The highest BCUT2D eigenvalue weighted by molar-refractivity contribution is 5.49. The zero-order chi connectivity index (χ0) is 15.5. The lowest BCUT2D eigenvalue weighted by Crippen LogP contribution is -2.49. The second kappa shape index (κ2) is 6.62. The van der Waals surface area contributed by atoms with Crippen molar-refractivity contribution >= 4 is 5.69 Å². The molecule has 1 aromatic rings. The summed E-state index contributed by atoms with van der Waals surface area (Å²) in [6.07, 6.45) is -4.17. The van der Waals surface area contributed by atoms with Gasteiger partial charge in [-0.3, -0.25) is 4.90 Å². The van der Waals surface area contributed by atoms with Crippen LogP contribution in [-0.2, 0) is 6.54 Å². The zero-order valence-electron chi connectivity index (χ0n) is 11.9. The molecule has 1 aliphatic heterocycles. The van der Waals surface area contributed by atoms with Crippen molar-refractivity contribution in [1.82, 2.24) is 10.2 Å². The molecule has 0 amide bonds. The Morgan fingerprint density at radius 3 is 2.33 bits per heavy atom. The normalized spacial score (nSPS) is 17.3. The summed E-state index contributed by atoms with van der Waals surface area (Å²) in [5.74, 6) is -0.324. The number of hydrogen-bond acceptors (Lipinski definition) is 3. The molecule has 7 heteroatoms. The third-order valence-corrected chi connectivity index (χ3v) is 3.46. The summed E-state index contributed by atoms with van der Waals surface area (Å²) in [6, 6.07) is 4.76. The highest BCUT2D eigenvalue weighted by atomic mass is 19.4. The number of nitrogens with zero attached hydrogens (tertiary/aromatic N) is 2. The maximum Gasteiger partial charge on any atom is 0.401 e. The minimum atomic E-state index is -4.17. The first kappa shape index (κ1) is 16.0. The highest BCUT2D eigenvalue weighted by Gasteiger charge is 2.32. The van der Waals surface area contributed by atoms with E-state index < -0.39 is 12.7 Å². The minimum Gasteiger partial charge on any atom is -0.369 e. The molecule has 1 aliphatic rings. The van der Waals surface area contributed by atoms with Crippen molar-refractivity contribution in [2.24, 2.45) is 0 Å². The monoisotopic (exact) mass is 305 g/mol. The lowest BCUT2D eigenvalue weighted by atomic mass is 10.1. The SMILES string of the molecule is CNCc1cc(F)cc(N2CCN(CC(F)(F)F)CC2)c1. The molecule has 0 aromatic heterocycles. The van der Waals surface area contributed by atoms with E-state index in [0.717, 1.165) is 11.3 Å². The van der Waals surface area contributed by atoms with Crippen molar-refractivity contribution in [3.8, 4) is 0 Å². The van der Waals surface area contributed by atoms with E-state index in [1.807, 2.05) is 11.0 Å². The molecule has 0 atom stereocenters. The Kier molecular flexibility index (Phi) is 5.05. The molecule has 118 valence electrons. The summed E-state index contributed by atoms with van der Waals surface area (Å²) < 4.78 is 50.6. The van der Waals surface area contributed by atoms with Gasteiger partial charge in [-0.2, -0.15) is 13.2 Å². The van der Waals surface area contributed by atoms with Gasteiger partial charge in [-0.15, -0.1) is 0 Å². The van der Waals surface area contributed by atoms with Crippen molar-refractivity contribution in [2.75, 3.05) is 44.7 Å². The first-order chi connectivity index (χ1) is 9.87. The van der Waals surface area contributed by atoms with E-state index in [2.05, 4.69) is 5.32 Å². The lowest BCUT2D eigenvalue weighted by Gasteiger charge is -2.36. The van der Waals surface area contributed by atoms with Crippen molar-refractivity contribution < 1.29 is 17.6 Å². The van der Waals surface area contributed by atoms with E-state index in [1.54, 1.807) is 7.05 Å². The summed E-state index contributed by atoms with van der Waals surface area (Å²) in [6.45, 7) is 1.28. The molecule has 0 spiro atoms. The Bertz CT molecular complexity index is 468. The summed E-state index contributed by atoms with van der Waals surface area (Å²) in [5.41, 5.74) is 1.55. The Labute approximate surface area is 121 Å². The van der Waals surface area contributed by atoms with Crippen molar-refractivity contribution in [3.63, 3.8) is 0 Å². The Morgan fingerprint density at radius 2 is 1.76 bits per heavy atom. The second-order valence-electron chi connectivity index (χ2n) is 5.23. The van der Waals surface area contributed by atoms with E-state index in [1.165, 1.54) is 17.0 Å². The van der Waals surface area contributed by atoms with Gasteiger partial charge in [-0.1, -0.05) is 0 Å². The molecule has 0 unspecified atom stereocenters. The number of hydrogen-bond donors (Lipinski definition) is 1. The van der Waals surface area contributed by atoms with Gasteiger partial charge in [0.05, 0.1) is 6.54 Å². The maximum absolute atomic E-state index is 13.6. The maximum atomic E-state index is 13.6. The molecular weight excluding hydrogens is 286 g/mol. The molecular formula is C14H19F4N3. The van der Waals surface area contributed by atoms with Crippen LogP contribution < -0.4 is 10.2 Å². The van der Waals surface area contributed by atoms with Gasteiger partial charge in [0.25, 0.3) is 0 Å². The molecule has 1 fully saturated rings. The first-order valence-corrected chi connectivity index (χ1v) is 6.85. The molecule has 1 saturated heterocycles. The van der Waals surface area contributed by atoms with Crippen molar-refractivity contribution in [1.29, 1.82) is 0 Å². The number of nitrogens with one attached hydrogen (secondary N) is 1. The van der Waals surface area contributed by atoms with Gasteiger partial charge in [0.2, 0.25) is 0 Å². The summed E-state index contributed by atoms with van der Waals surface area (Å²) in [4.78, 5) is 3.30. The summed E-state index contributed by atoms with van der Waals surface area (Å²) in [5, 5.41) is 2.96. The predicted molar refractivity (Wildman–Crippen MR) is 73.9 cm³/mol. The number of benzene rings is 1. The minimum absolute atomic E-state index is 0.324. The van der Waals surface area contributed by atoms with Gasteiger partial charge in [0, 0.05) is 38.4 Å². The van der Waals surface area contributed by atoms with Crippen LogP contribution in [0.1, 0.15) is 5.56 Å². The van der Waals surface area contributed by atoms with Crippen LogP contribution in [0.2, 0.25) is 0 Å². The van der Waals surface area contributed by atoms with E-state index in [0.29, 0.717) is 32.7 Å². The fraction of sp³-hybridized carbons (Fsp3) is 0.571. The van der Waals surface area contributed by atoms with Crippen LogP contribution in [0, 0.1) is 5.82 Å². The molecule has 0 radical (unpaired) electrons. The molecule has 0 saturated carbocycles. The van der Waals surface area contributed by atoms with Gasteiger partial charge < -0.3 is 10.2 Å². The largest absolute Gasteiger partial charge is 0.401 e. The molecule has 0 aliphatic carbocycles. The lowest BCUT2D eigenvalue weighted by molar-refractivity contribution is -0.146. The molecule has 1 aromatic carbocycles. The quantitative estimate of drug-likeness (QED) is 0.861. The van der Waals surface area contributed by atoms with Gasteiger partial charge >= 0.3 is 6.18 Å². The number of halogens is 4. The fourth-order valence-electron chi connectivity index (χ4n) is 2.54. The Hall–Kier alpha value is -1.34. The number of piperazine rings is 1. The third kappa shape index (κ3) is 4.86. The van der Waals surface area contributed by atoms with Crippen molar-refractivity contribution in [3.05, 3.63) is 29.6 Å². The third-order valence-electron chi connectivity index (χ3n) is 3.46. The zero-order valence-corrected chi connectivity index (χ0v) is 11.9. The highest BCUT2D eigenvalue weighted by Crippen LogP contribution is 2.22. The Balaban J connectivity index is 1.98. The standard InChI is InChI=1S/C14H19F4N3/c1-19-9-11-6-12(15)8-13(7-11)21-4-2-20(3-5-21)10-14(16,17)18/h6-8,19H,2-5,9-10H2,1H3. The topological polar surface area (TPSA) is 18.5 Å². The van der Waals surface area contributed by atoms with Crippen LogP contribution in [-0.4, -0.2) is 50.8 Å². The molecule has 1 heterocycles. The van der Waals surface area contributed by atoms with Crippen LogP contribution in [0.3, 0.4) is 0 Å². The average Bonchev–Trinajstić information content (AvgIpc) is 2.37. The van der Waals surface area contributed by atoms with Crippen LogP contribution in [0.5, 0.6) is 0 Å². The molecule has 3 nitrogen and oxygen atoms in total.